The van der Waals surface area contributed by atoms with Crippen molar-refractivity contribution in [3.05, 3.63) is 0 Å². The lowest BCUT2D eigenvalue weighted by Gasteiger charge is -2.35. The van der Waals surface area contributed by atoms with Crippen molar-refractivity contribution in [2.75, 3.05) is 33.4 Å². The Hall–Kier alpha value is -1.14. The molecule has 2 unspecified atom stereocenters. The van der Waals surface area contributed by atoms with Crippen LogP contribution in [0.2, 0.25) is 0 Å². The second-order valence-corrected chi connectivity index (χ2v) is 4.64. The molecule has 2 atom stereocenters. The first-order chi connectivity index (χ1) is 8.55. The molecule has 1 fully saturated rings. The lowest BCUT2D eigenvalue weighted by Crippen LogP contribution is -2.49. The molecule has 0 aliphatic carbocycles. The van der Waals surface area contributed by atoms with E-state index >= 15 is 0 Å². The van der Waals surface area contributed by atoms with E-state index < -0.39 is 0 Å². The normalized spacial score (nSPS) is 24.6. The Morgan fingerprint density at radius 2 is 2.06 bits per heavy atom. The van der Waals surface area contributed by atoms with Gasteiger partial charge < -0.3 is 15.2 Å². The molecule has 1 heterocycles. The monoisotopic (exact) mass is 258 g/mol. The van der Waals surface area contributed by atoms with Crippen LogP contribution in [-0.4, -0.2) is 56.2 Å². The SMILES string of the molecule is CCOC(=O)CC1CC(N)CN(CC(=O)OC)C1. The van der Waals surface area contributed by atoms with Crippen LogP contribution in [0.25, 0.3) is 0 Å². The van der Waals surface area contributed by atoms with Gasteiger partial charge >= 0.3 is 11.9 Å². The standard InChI is InChI=1S/C12H22N2O4/c1-3-18-11(15)5-9-4-10(13)7-14(6-9)8-12(16)17-2/h9-10H,3-8,13H2,1-2H3. The van der Waals surface area contributed by atoms with Gasteiger partial charge in [-0.25, -0.2) is 0 Å². The zero-order chi connectivity index (χ0) is 13.5. The van der Waals surface area contributed by atoms with E-state index in [2.05, 4.69) is 4.74 Å². The average molecular weight is 258 g/mol. The zero-order valence-electron chi connectivity index (χ0n) is 11.1. The first kappa shape index (κ1) is 14.9. The van der Waals surface area contributed by atoms with E-state index in [-0.39, 0.29) is 30.4 Å². The summed E-state index contributed by atoms with van der Waals surface area (Å²) in [6, 6.07) is -0.0113. The minimum atomic E-state index is -0.279. The van der Waals surface area contributed by atoms with E-state index in [0.29, 0.717) is 26.1 Å². The number of hydrogen-bond donors (Lipinski definition) is 1. The van der Waals surface area contributed by atoms with E-state index in [1.165, 1.54) is 7.11 Å². The summed E-state index contributed by atoms with van der Waals surface area (Å²) in [6.45, 7) is 3.75. The number of carbonyl (C=O) groups excluding carboxylic acids is 2. The lowest BCUT2D eigenvalue weighted by molar-refractivity contribution is -0.145. The van der Waals surface area contributed by atoms with Crippen molar-refractivity contribution in [1.29, 1.82) is 0 Å². The molecule has 0 bridgehead atoms. The first-order valence-electron chi connectivity index (χ1n) is 6.25. The summed E-state index contributed by atoms with van der Waals surface area (Å²) in [6.07, 6.45) is 1.15. The minimum Gasteiger partial charge on any atom is -0.468 e. The summed E-state index contributed by atoms with van der Waals surface area (Å²) < 4.78 is 9.56. The van der Waals surface area contributed by atoms with Crippen molar-refractivity contribution in [2.24, 2.45) is 11.7 Å². The second kappa shape index (κ2) is 7.33. The Bertz CT molecular complexity index is 296. The molecular formula is C12H22N2O4. The third-order valence-corrected chi connectivity index (χ3v) is 2.99. The lowest BCUT2D eigenvalue weighted by atomic mass is 9.92. The van der Waals surface area contributed by atoms with Gasteiger partial charge in [-0.15, -0.1) is 0 Å². The number of methoxy groups -OCH3 is 1. The van der Waals surface area contributed by atoms with Gasteiger partial charge in [0.2, 0.25) is 0 Å². The molecular weight excluding hydrogens is 236 g/mol. The minimum absolute atomic E-state index is 0.0113. The number of rotatable bonds is 5. The third kappa shape index (κ3) is 5.01. The van der Waals surface area contributed by atoms with Crippen LogP contribution >= 0.6 is 0 Å². The number of esters is 2. The Morgan fingerprint density at radius 1 is 1.33 bits per heavy atom. The van der Waals surface area contributed by atoms with Crippen molar-refractivity contribution >= 4 is 11.9 Å². The Morgan fingerprint density at radius 3 is 2.67 bits per heavy atom. The van der Waals surface area contributed by atoms with E-state index in [1.807, 2.05) is 4.90 Å². The van der Waals surface area contributed by atoms with Gasteiger partial charge in [0.25, 0.3) is 0 Å². The molecule has 0 amide bonds. The highest BCUT2D eigenvalue weighted by atomic mass is 16.5. The van der Waals surface area contributed by atoms with Crippen molar-refractivity contribution in [3.8, 4) is 0 Å². The van der Waals surface area contributed by atoms with Crippen LogP contribution in [0, 0.1) is 5.92 Å². The number of nitrogens with two attached hydrogens (primary N) is 1. The van der Waals surface area contributed by atoms with Gasteiger partial charge in [-0.3, -0.25) is 14.5 Å². The molecule has 1 rings (SSSR count). The third-order valence-electron chi connectivity index (χ3n) is 2.99. The zero-order valence-corrected chi connectivity index (χ0v) is 11.1. The molecule has 0 spiro atoms. The quantitative estimate of drug-likeness (QED) is 0.685. The predicted molar refractivity (Wildman–Crippen MR) is 65.8 cm³/mol. The summed E-state index contributed by atoms with van der Waals surface area (Å²) in [5, 5.41) is 0. The maximum atomic E-state index is 11.4. The van der Waals surface area contributed by atoms with Crippen LogP contribution in [0.1, 0.15) is 19.8 Å². The highest BCUT2D eigenvalue weighted by molar-refractivity contribution is 5.71. The number of nitrogens with zero attached hydrogens (tertiary/aromatic N) is 1. The summed E-state index contributed by atoms with van der Waals surface area (Å²) in [5.41, 5.74) is 5.94. The van der Waals surface area contributed by atoms with Crippen LogP contribution in [-0.2, 0) is 19.1 Å². The fraction of sp³-hybridized carbons (Fsp3) is 0.833. The summed E-state index contributed by atoms with van der Waals surface area (Å²) >= 11 is 0. The van der Waals surface area contributed by atoms with E-state index in [4.69, 9.17) is 10.5 Å². The molecule has 6 nitrogen and oxygen atoms in total. The van der Waals surface area contributed by atoms with Gasteiger partial charge in [0, 0.05) is 25.6 Å². The molecule has 18 heavy (non-hydrogen) atoms. The Balaban J connectivity index is 2.44. The van der Waals surface area contributed by atoms with Crippen LogP contribution < -0.4 is 5.73 Å². The molecule has 0 aromatic carbocycles. The van der Waals surface area contributed by atoms with Crippen LogP contribution in [0.4, 0.5) is 0 Å². The topological polar surface area (TPSA) is 81.9 Å². The molecule has 1 aliphatic heterocycles. The molecule has 2 N–H and O–H groups in total. The van der Waals surface area contributed by atoms with Gasteiger partial charge in [-0.2, -0.15) is 0 Å². The number of hydrogen-bond acceptors (Lipinski definition) is 6. The first-order valence-corrected chi connectivity index (χ1v) is 6.25. The summed E-state index contributed by atoms with van der Waals surface area (Å²) in [4.78, 5) is 24.6. The van der Waals surface area contributed by atoms with Gasteiger partial charge in [0.15, 0.2) is 0 Å². The average Bonchev–Trinajstić information content (AvgIpc) is 2.28. The van der Waals surface area contributed by atoms with E-state index in [0.717, 1.165) is 6.42 Å². The molecule has 104 valence electrons. The fourth-order valence-corrected chi connectivity index (χ4v) is 2.33. The highest BCUT2D eigenvalue weighted by Crippen LogP contribution is 2.19. The predicted octanol–water partition coefficient (Wildman–Crippen LogP) is -0.238. The van der Waals surface area contributed by atoms with Crippen molar-refractivity contribution < 1.29 is 19.1 Å². The van der Waals surface area contributed by atoms with E-state index in [1.54, 1.807) is 6.92 Å². The Kier molecular flexibility index (Phi) is 6.07. The fourth-order valence-electron chi connectivity index (χ4n) is 2.33. The van der Waals surface area contributed by atoms with Crippen molar-refractivity contribution in [1.82, 2.24) is 4.90 Å². The summed E-state index contributed by atoms with van der Waals surface area (Å²) in [5.74, 6) is -0.328. The van der Waals surface area contributed by atoms with E-state index in [9.17, 15) is 9.59 Å². The molecule has 1 aliphatic rings. The second-order valence-electron chi connectivity index (χ2n) is 4.64. The van der Waals surface area contributed by atoms with Gasteiger partial charge in [-0.05, 0) is 19.3 Å². The number of carbonyl (C=O) groups is 2. The summed E-state index contributed by atoms with van der Waals surface area (Å²) in [7, 11) is 1.36. The van der Waals surface area contributed by atoms with Crippen molar-refractivity contribution in [3.63, 3.8) is 0 Å². The van der Waals surface area contributed by atoms with Crippen LogP contribution in [0.5, 0.6) is 0 Å². The maximum absolute atomic E-state index is 11.4. The maximum Gasteiger partial charge on any atom is 0.319 e. The molecule has 0 aromatic rings. The molecule has 1 saturated heterocycles. The number of ether oxygens (including phenoxy) is 2. The van der Waals surface area contributed by atoms with Gasteiger partial charge in [0.1, 0.15) is 0 Å². The smallest absolute Gasteiger partial charge is 0.319 e. The van der Waals surface area contributed by atoms with Gasteiger partial charge in [0.05, 0.1) is 20.3 Å². The van der Waals surface area contributed by atoms with Crippen molar-refractivity contribution in [2.45, 2.75) is 25.8 Å². The van der Waals surface area contributed by atoms with Gasteiger partial charge in [-0.1, -0.05) is 0 Å². The van der Waals surface area contributed by atoms with Crippen LogP contribution in [0.3, 0.4) is 0 Å². The Labute approximate surface area is 107 Å². The number of piperidine rings is 1. The molecule has 0 radical (unpaired) electrons. The largest absolute Gasteiger partial charge is 0.468 e. The highest BCUT2D eigenvalue weighted by Gasteiger charge is 2.28. The molecule has 0 aromatic heterocycles. The number of likely N-dealkylation sites (tertiary alicyclic amines) is 1. The molecule has 0 saturated carbocycles. The molecule has 6 heteroatoms. The van der Waals surface area contributed by atoms with Crippen LogP contribution in [0.15, 0.2) is 0 Å².